The molecule has 2 saturated heterocycles. The van der Waals surface area contributed by atoms with Gasteiger partial charge in [0, 0.05) is 32.0 Å². The second kappa shape index (κ2) is 5.08. The normalized spacial score (nSPS) is 40.7. The zero-order chi connectivity index (χ0) is 12.6. The number of hydrogen-bond donors (Lipinski definition) is 1. The number of ether oxygens (including phenoxy) is 2. The third-order valence-electron chi connectivity index (χ3n) is 4.80. The first-order chi connectivity index (χ1) is 8.67. The van der Waals surface area contributed by atoms with Crippen LogP contribution in [0, 0.1) is 5.92 Å². The fourth-order valence-corrected chi connectivity index (χ4v) is 3.59. The minimum absolute atomic E-state index is 0.206. The van der Waals surface area contributed by atoms with E-state index in [1.54, 1.807) is 0 Å². The summed E-state index contributed by atoms with van der Waals surface area (Å²) in [5, 5.41) is 0. The number of rotatable bonds is 2. The highest BCUT2D eigenvalue weighted by molar-refractivity contribution is 4.87. The highest BCUT2D eigenvalue weighted by Crippen LogP contribution is 2.39. The van der Waals surface area contributed by atoms with Gasteiger partial charge >= 0.3 is 0 Å². The number of nitrogens with two attached hydrogens (primary N) is 1. The van der Waals surface area contributed by atoms with Gasteiger partial charge in [-0.05, 0) is 31.7 Å². The van der Waals surface area contributed by atoms with Gasteiger partial charge in [-0.25, -0.2) is 0 Å². The number of piperidine rings is 1. The van der Waals surface area contributed by atoms with E-state index in [1.807, 2.05) is 0 Å². The average Bonchev–Trinajstić information content (AvgIpc) is 2.96. The van der Waals surface area contributed by atoms with Crippen LogP contribution in [0.25, 0.3) is 0 Å². The summed E-state index contributed by atoms with van der Waals surface area (Å²) in [6.45, 7) is 6.25. The number of likely N-dealkylation sites (tertiary alicyclic amines) is 1. The fourth-order valence-electron chi connectivity index (χ4n) is 3.59. The van der Waals surface area contributed by atoms with Gasteiger partial charge in [0.25, 0.3) is 0 Å². The molecule has 3 rings (SSSR count). The van der Waals surface area contributed by atoms with Crippen molar-refractivity contribution in [2.45, 2.75) is 57.0 Å². The van der Waals surface area contributed by atoms with E-state index in [0.717, 1.165) is 45.5 Å². The summed E-state index contributed by atoms with van der Waals surface area (Å²) < 4.78 is 12.1. The number of hydrogen-bond acceptors (Lipinski definition) is 4. The topological polar surface area (TPSA) is 47.7 Å². The Labute approximate surface area is 110 Å². The van der Waals surface area contributed by atoms with Gasteiger partial charge in [-0.2, -0.15) is 0 Å². The van der Waals surface area contributed by atoms with Crippen LogP contribution in [0.4, 0.5) is 0 Å². The molecule has 0 bridgehead atoms. The maximum Gasteiger partial charge on any atom is 0.168 e. The number of nitrogens with zero attached hydrogens (tertiary/aromatic N) is 1. The maximum atomic E-state index is 6.18. The molecule has 2 aliphatic heterocycles. The first-order valence-corrected chi connectivity index (χ1v) is 7.47. The van der Waals surface area contributed by atoms with E-state index < -0.39 is 0 Å². The van der Waals surface area contributed by atoms with Crippen molar-refractivity contribution in [2.24, 2.45) is 11.7 Å². The molecule has 4 nitrogen and oxygen atoms in total. The Hall–Kier alpha value is -0.160. The van der Waals surface area contributed by atoms with Gasteiger partial charge in [0.2, 0.25) is 0 Å². The van der Waals surface area contributed by atoms with E-state index in [-0.39, 0.29) is 11.9 Å². The molecular weight excluding hydrogens is 228 g/mol. The van der Waals surface area contributed by atoms with Gasteiger partial charge in [-0.1, -0.05) is 6.92 Å². The lowest BCUT2D eigenvalue weighted by Gasteiger charge is -2.36. The summed E-state index contributed by atoms with van der Waals surface area (Å²) in [6, 6.07) is 0.378. The largest absolute Gasteiger partial charge is 0.347 e. The molecular formula is C14H26N2O2. The molecule has 0 amide bonds. The Balaban J connectivity index is 1.49. The predicted octanol–water partition coefficient (Wildman–Crippen LogP) is 1.34. The highest BCUT2D eigenvalue weighted by atomic mass is 16.7. The molecule has 0 aromatic heterocycles. The molecule has 104 valence electrons. The Morgan fingerprint density at radius 1 is 1.33 bits per heavy atom. The summed E-state index contributed by atoms with van der Waals surface area (Å²) in [5.74, 6) is 0.393. The summed E-state index contributed by atoms with van der Waals surface area (Å²) >= 11 is 0. The third kappa shape index (κ3) is 2.57. The van der Waals surface area contributed by atoms with Crippen molar-refractivity contribution >= 4 is 0 Å². The van der Waals surface area contributed by atoms with Gasteiger partial charge in [-0.15, -0.1) is 0 Å². The van der Waals surface area contributed by atoms with Crippen molar-refractivity contribution in [2.75, 3.05) is 26.2 Å². The second-order valence-corrected chi connectivity index (χ2v) is 6.36. The second-order valence-electron chi connectivity index (χ2n) is 6.36. The van der Waals surface area contributed by atoms with E-state index in [2.05, 4.69) is 11.8 Å². The van der Waals surface area contributed by atoms with Crippen LogP contribution in [-0.4, -0.2) is 49.1 Å². The molecule has 1 saturated carbocycles. The fraction of sp³-hybridized carbons (Fsp3) is 1.00. The monoisotopic (exact) mass is 254 g/mol. The van der Waals surface area contributed by atoms with Crippen LogP contribution in [0.5, 0.6) is 0 Å². The van der Waals surface area contributed by atoms with Crippen molar-refractivity contribution < 1.29 is 9.47 Å². The average molecular weight is 254 g/mol. The Morgan fingerprint density at radius 3 is 2.83 bits per heavy atom. The van der Waals surface area contributed by atoms with Gasteiger partial charge in [0.15, 0.2) is 5.79 Å². The SMILES string of the molecule is CC1CN(CC2COC3(CCCC3)O2)CCC1N. The molecule has 2 heterocycles. The van der Waals surface area contributed by atoms with Crippen molar-refractivity contribution in [3.63, 3.8) is 0 Å². The quantitative estimate of drug-likeness (QED) is 0.808. The van der Waals surface area contributed by atoms with Crippen LogP contribution in [0.1, 0.15) is 39.0 Å². The lowest BCUT2D eigenvalue weighted by atomic mass is 9.95. The lowest BCUT2D eigenvalue weighted by Crippen LogP contribution is -2.48. The minimum Gasteiger partial charge on any atom is -0.347 e. The predicted molar refractivity (Wildman–Crippen MR) is 70.2 cm³/mol. The first kappa shape index (κ1) is 12.9. The van der Waals surface area contributed by atoms with Crippen LogP contribution >= 0.6 is 0 Å². The van der Waals surface area contributed by atoms with Crippen molar-refractivity contribution in [1.82, 2.24) is 4.90 Å². The van der Waals surface area contributed by atoms with Crippen LogP contribution < -0.4 is 5.73 Å². The van der Waals surface area contributed by atoms with Crippen molar-refractivity contribution in [3.8, 4) is 0 Å². The molecule has 0 aromatic rings. The molecule has 0 aromatic carbocycles. The summed E-state index contributed by atoms with van der Waals surface area (Å²) in [4.78, 5) is 2.50. The van der Waals surface area contributed by atoms with Crippen molar-refractivity contribution in [3.05, 3.63) is 0 Å². The van der Waals surface area contributed by atoms with E-state index in [9.17, 15) is 0 Å². The molecule has 3 unspecified atom stereocenters. The first-order valence-electron chi connectivity index (χ1n) is 7.47. The van der Waals surface area contributed by atoms with E-state index in [0.29, 0.717) is 12.0 Å². The summed E-state index contributed by atoms with van der Waals surface area (Å²) in [7, 11) is 0. The molecule has 1 aliphatic carbocycles. The zero-order valence-electron chi connectivity index (χ0n) is 11.4. The molecule has 3 atom stereocenters. The molecule has 18 heavy (non-hydrogen) atoms. The maximum absolute atomic E-state index is 6.18. The van der Waals surface area contributed by atoms with Crippen LogP contribution in [0.15, 0.2) is 0 Å². The minimum atomic E-state index is -0.206. The van der Waals surface area contributed by atoms with Gasteiger partial charge in [0.1, 0.15) is 0 Å². The highest BCUT2D eigenvalue weighted by Gasteiger charge is 2.44. The molecule has 4 heteroatoms. The molecule has 3 fully saturated rings. The molecule has 2 N–H and O–H groups in total. The van der Waals surface area contributed by atoms with E-state index >= 15 is 0 Å². The van der Waals surface area contributed by atoms with E-state index in [1.165, 1.54) is 12.8 Å². The molecule has 1 spiro atoms. The Kier molecular flexibility index (Phi) is 3.63. The van der Waals surface area contributed by atoms with Gasteiger partial charge < -0.3 is 20.1 Å². The molecule has 0 radical (unpaired) electrons. The van der Waals surface area contributed by atoms with Crippen LogP contribution in [-0.2, 0) is 9.47 Å². The van der Waals surface area contributed by atoms with Crippen molar-refractivity contribution in [1.29, 1.82) is 0 Å². The van der Waals surface area contributed by atoms with Gasteiger partial charge in [0.05, 0.1) is 12.7 Å². The Morgan fingerprint density at radius 2 is 2.11 bits per heavy atom. The van der Waals surface area contributed by atoms with Crippen LogP contribution in [0.2, 0.25) is 0 Å². The van der Waals surface area contributed by atoms with Gasteiger partial charge in [-0.3, -0.25) is 0 Å². The summed E-state index contributed by atoms with van der Waals surface area (Å²) in [6.07, 6.45) is 6.06. The standard InChI is InChI=1S/C14H26N2O2/c1-11-8-16(7-4-13(11)15)9-12-10-17-14(18-12)5-2-3-6-14/h11-13H,2-10,15H2,1H3. The Bertz CT molecular complexity index is 292. The van der Waals surface area contributed by atoms with Crippen LogP contribution in [0.3, 0.4) is 0 Å². The zero-order valence-corrected chi connectivity index (χ0v) is 11.4. The smallest absolute Gasteiger partial charge is 0.168 e. The van der Waals surface area contributed by atoms with E-state index in [4.69, 9.17) is 15.2 Å². The summed E-state index contributed by atoms with van der Waals surface area (Å²) in [5.41, 5.74) is 6.06. The lowest BCUT2D eigenvalue weighted by molar-refractivity contribution is -0.163. The molecule has 3 aliphatic rings. The third-order valence-corrected chi connectivity index (χ3v) is 4.80.